The zero-order chi connectivity index (χ0) is 10.3. The molecule has 0 aromatic heterocycles. The Morgan fingerprint density at radius 1 is 1.29 bits per heavy atom. The molecule has 0 amide bonds. The van der Waals surface area contributed by atoms with E-state index in [1.807, 2.05) is 0 Å². The van der Waals surface area contributed by atoms with E-state index in [9.17, 15) is 4.39 Å². The van der Waals surface area contributed by atoms with E-state index in [0.29, 0.717) is 16.8 Å². The third-order valence-electron chi connectivity index (χ3n) is 2.32. The maximum absolute atomic E-state index is 13.5. The molecule has 1 aromatic carbocycles. The van der Waals surface area contributed by atoms with Crippen LogP contribution >= 0.6 is 15.9 Å². The van der Waals surface area contributed by atoms with Gasteiger partial charge in [-0.25, -0.2) is 4.39 Å². The highest BCUT2D eigenvalue weighted by atomic mass is 79.9. The summed E-state index contributed by atoms with van der Waals surface area (Å²) in [5.74, 6) is 0.0359. The van der Waals surface area contributed by atoms with E-state index in [-0.39, 0.29) is 11.4 Å². The molecule has 0 fully saturated rings. The van der Waals surface area contributed by atoms with Crippen LogP contribution in [-0.2, 0) is 6.42 Å². The zero-order valence-electron chi connectivity index (χ0n) is 7.44. The molecule has 3 nitrogen and oxygen atoms in total. The topological polar surface area (TPSA) is 61.3 Å². The molecule has 0 radical (unpaired) electrons. The van der Waals surface area contributed by atoms with Crippen LogP contribution in [0.15, 0.2) is 4.47 Å². The molecule has 0 saturated heterocycles. The summed E-state index contributed by atoms with van der Waals surface area (Å²) in [7, 11) is 0. The molecule has 2 rings (SSSR count). The first-order valence-corrected chi connectivity index (χ1v) is 5.09. The van der Waals surface area contributed by atoms with Crippen molar-refractivity contribution in [2.24, 2.45) is 0 Å². The van der Waals surface area contributed by atoms with Crippen LogP contribution in [0.3, 0.4) is 0 Å². The van der Waals surface area contributed by atoms with E-state index in [4.69, 9.17) is 16.2 Å². The molecule has 0 aliphatic carbocycles. The van der Waals surface area contributed by atoms with Gasteiger partial charge >= 0.3 is 0 Å². The lowest BCUT2D eigenvalue weighted by Gasteiger charge is -2.21. The lowest BCUT2D eigenvalue weighted by atomic mass is 10.0. The van der Waals surface area contributed by atoms with Crippen LogP contribution in [0.1, 0.15) is 12.0 Å². The highest BCUT2D eigenvalue weighted by molar-refractivity contribution is 9.10. The van der Waals surface area contributed by atoms with Crippen molar-refractivity contribution in [3.63, 3.8) is 0 Å². The van der Waals surface area contributed by atoms with Gasteiger partial charge in [0.1, 0.15) is 11.4 Å². The molecule has 0 spiro atoms. The highest BCUT2D eigenvalue weighted by Gasteiger charge is 2.23. The lowest BCUT2D eigenvalue weighted by Crippen LogP contribution is -2.13. The van der Waals surface area contributed by atoms with Gasteiger partial charge in [0, 0.05) is 5.56 Å². The molecule has 76 valence electrons. The number of halogens is 2. The molecule has 0 saturated carbocycles. The third-order valence-corrected chi connectivity index (χ3v) is 3.15. The number of rotatable bonds is 0. The lowest BCUT2D eigenvalue weighted by molar-refractivity contribution is 0.289. The van der Waals surface area contributed by atoms with Crippen LogP contribution in [0.5, 0.6) is 5.75 Å². The van der Waals surface area contributed by atoms with Crippen molar-refractivity contribution in [3.8, 4) is 5.75 Å². The summed E-state index contributed by atoms with van der Waals surface area (Å²) >= 11 is 3.16. The van der Waals surface area contributed by atoms with Crippen molar-refractivity contribution < 1.29 is 9.13 Å². The van der Waals surface area contributed by atoms with E-state index in [1.165, 1.54) is 0 Å². The number of hydrogen-bond acceptors (Lipinski definition) is 3. The minimum absolute atomic E-state index is 0.0440. The number of nitrogen functional groups attached to an aromatic ring is 2. The SMILES string of the molecule is Nc1c(N)c2c(c(Br)c1F)CCCO2. The fourth-order valence-corrected chi connectivity index (χ4v) is 2.16. The number of hydrogen-bond donors (Lipinski definition) is 2. The Hall–Kier alpha value is -0.970. The van der Waals surface area contributed by atoms with Crippen LogP contribution in [0.2, 0.25) is 0 Å². The van der Waals surface area contributed by atoms with Crippen molar-refractivity contribution >= 4 is 27.3 Å². The minimum Gasteiger partial charge on any atom is -0.491 e. The van der Waals surface area contributed by atoms with E-state index in [1.54, 1.807) is 0 Å². The number of fused-ring (bicyclic) bond motifs is 1. The number of ether oxygens (including phenoxy) is 1. The first-order chi connectivity index (χ1) is 6.63. The van der Waals surface area contributed by atoms with Crippen LogP contribution in [0.4, 0.5) is 15.8 Å². The van der Waals surface area contributed by atoms with Crippen molar-refractivity contribution in [2.45, 2.75) is 12.8 Å². The maximum atomic E-state index is 13.5. The minimum atomic E-state index is -0.494. The summed E-state index contributed by atoms with van der Waals surface area (Å²) < 4.78 is 19.2. The fraction of sp³-hybridized carbons (Fsp3) is 0.333. The molecule has 0 unspecified atom stereocenters. The molecule has 4 N–H and O–H groups in total. The molecule has 0 atom stereocenters. The van der Waals surface area contributed by atoms with Gasteiger partial charge in [0.05, 0.1) is 16.8 Å². The van der Waals surface area contributed by atoms with Gasteiger partial charge in [0.2, 0.25) is 0 Å². The monoisotopic (exact) mass is 260 g/mol. The van der Waals surface area contributed by atoms with Crippen molar-refractivity contribution in [3.05, 3.63) is 15.9 Å². The average molecular weight is 261 g/mol. The summed E-state index contributed by atoms with van der Waals surface area (Å²) in [6, 6.07) is 0. The van der Waals surface area contributed by atoms with Gasteiger partial charge in [-0.2, -0.15) is 0 Å². The van der Waals surface area contributed by atoms with Crippen LogP contribution < -0.4 is 16.2 Å². The molecule has 1 heterocycles. The van der Waals surface area contributed by atoms with Crippen LogP contribution in [-0.4, -0.2) is 6.61 Å². The first-order valence-electron chi connectivity index (χ1n) is 4.30. The standard InChI is InChI=1S/C9H10BrFN2O/c10-5-4-2-1-3-14-9(4)8(13)7(12)6(5)11/h1-3,12-13H2. The Bertz CT molecular complexity index is 358. The zero-order valence-corrected chi connectivity index (χ0v) is 9.03. The summed E-state index contributed by atoms with van der Waals surface area (Å²) in [5.41, 5.74) is 12.1. The highest BCUT2D eigenvalue weighted by Crippen LogP contribution is 2.42. The Labute approximate surface area is 89.3 Å². The molecule has 0 bridgehead atoms. The largest absolute Gasteiger partial charge is 0.491 e. The van der Waals surface area contributed by atoms with Gasteiger partial charge in [0.25, 0.3) is 0 Å². The summed E-state index contributed by atoms with van der Waals surface area (Å²) in [6.45, 7) is 0.606. The molecule has 1 aliphatic heterocycles. The molecule has 1 aromatic rings. The number of benzene rings is 1. The summed E-state index contributed by atoms with van der Waals surface area (Å²) in [5, 5.41) is 0. The van der Waals surface area contributed by atoms with Gasteiger partial charge in [-0.1, -0.05) is 0 Å². The van der Waals surface area contributed by atoms with Crippen molar-refractivity contribution in [1.82, 2.24) is 0 Å². The van der Waals surface area contributed by atoms with Gasteiger partial charge in [0.15, 0.2) is 5.82 Å². The Kier molecular flexibility index (Phi) is 2.26. The number of anilines is 2. The summed E-state index contributed by atoms with van der Waals surface area (Å²) in [4.78, 5) is 0. The average Bonchev–Trinajstić information content (AvgIpc) is 2.23. The normalized spacial score (nSPS) is 14.7. The van der Waals surface area contributed by atoms with Gasteiger partial charge in [-0.15, -0.1) is 0 Å². The number of nitrogens with two attached hydrogens (primary N) is 2. The Morgan fingerprint density at radius 3 is 2.71 bits per heavy atom. The summed E-state index contributed by atoms with van der Waals surface area (Å²) in [6.07, 6.45) is 1.63. The van der Waals surface area contributed by atoms with Gasteiger partial charge in [-0.3, -0.25) is 0 Å². The Morgan fingerprint density at radius 2 is 2.00 bits per heavy atom. The van der Waals surface area contributed by atoms with E-state index in [0.717, 1.165) is 18.4 Å². The smallest absolute Gasteiger partial charge is 0.162 e. The van der Waals surface area contributed by atoms with E-state index in [2.05, 4.69) is 15.9 Å². The second-order valence-electron chi connectivity index (χ2n) is 3.22. The first kappa shape index (κ1) is 9.58. The van der Waals surface area contributed by atoms with E-state index >= 15 is 0 Å². The molecule has 14 heavy (non-hydrogen) atoms. The maximum Gasteiger partial charge on any atom is 0.162 e. The van der Waals surface area contributed by atoms with Gasteiger partial charge < -0.3 is 16.2 Å². The molecular weight excluding hydrogens is 251 g/mol. The predicted molar refractivity (Wildman–Crippen MR) is 56.7 cm³/mol. The third kappa shape index (κ3) is 1.23. The molecule has 5 heteroatoms. The molecule has 1 aliphatic rings. The predicted octanol–water partition coefficient (Wildman–Crippen LogP) is 2.08. The van der Waals surface area contributed by atoms with Gasteiger partial charge in [-0.05, 0) is 28.8 Å². The van der Waals surface area contributed by atoms with E-state index < -0.39 is 5.82 Å². The van der Waals surface area contributed by atoms with Crippen LogP contribution in [0, 0.1) is 5.82 Å². The Balaban J connectivity index is 2.71. The van der Waals surface area contributed by atoms with Crippen molar-refractivity contribution in [2.75, 3.05) is 18.1 Å². The quantitative estimate of drug-likeness (QED) is 0.703. The second-order valence-corrected chi connectivity index (χ2v) is 4.01. The molecular formula is C9H10BrFN2O. The van der Waals surface area contributed by atoms with Crippen LogP contribution in [0.25, 0.3) is 0 Å². The second kappa shape index (κ2) is 3.31. The fourth-order valence-electron chi connectivity index (χ4n) is 1.56. The van der Waals surface area contributed by atoms with Crippen molar-refractivity contribution in [1.29, 1.82) is 0 Å².